The number of carbonyl (C=O) groups is 2. The third-order valence-corrected chi connectivity index (χ3v) is 5.77. The van der Waals surface area contributed by atoms with Crippen molar-refractivity contribution in [1.82, 2.24) is 15.5 Å². The standard InChI is InChI=1S/C21H27N3O2S/c1-16(23-21(26)19-10-7-13-27-19)20(25)22-14-17-8-3-4-9-18(17)15-24-11-5-2-6-12-24/h3-4,7-10,13,16H,2,5-6,11-12,14-15H2,1H3,(H,22,25)(H,23,26)/t16-/m0/s1. The molecule has 0 radical (unpaired) electrons. The first-order valence-electron chi connectivity index (χ1n) is 9.54. The van der Waals surface area contributed by atoms with Gasteiger partial charge in [0.05, 0.1) is 4.88 Å². The third-order valence-electron chi connectivity index (χ3n) is 4.90. The Labute approximate surface area is 164 Å². The van der Waals surface area contributed by atoms with Crippen LogP contribution in [0.2, 0.25) is 0 Å². The normalized spacial score (nSPS) is 15.9. The van der Waals surface area contributed by atoms with Crippen LogP contribution in [0, 0.1) is 0 Å². The van der Waals surface area contributed by atoms with Crippen molar-refractivity contribution in [2.24, 2.45) is 0 Å². The van der Waals surface area contributed by atoms with Gasteiger partial charge in [0.25, 0.3) is 5.91 Å². The molecule has 0 unspecified atom stereocenters. The van der Waals surface area contributed by atoms with Crippen LogP contribution < -0.4 is 10.6 Å². The molecule has 0 aliphatic carbocycles. The van der Waals surface area contributed by atoms with E-state index in [1.165, 1.54) is 36.2 Å². The molecule has 0 spiro atoms. The second kappa shape index (κ2) is 9.67. The van der Waals surface area contributed by atoms with Crippen molar-refractivity contribution in [1.29, 1.82) is 0 Å². The van der Waals surface area contributed by atoms with Crippen molar-refractivity contribution in [3.05, 3.63) is 57.8 Å². The van der Waals surface area contributed by atoms with Crippen LogP contribution in [0.15, 0.2) is 41.8 Å². The maximum atomic E-state index is 12.4. The van der Waals surface area contributed by atoms with Gasteiger partial charge in [0.2, 0.25) is 5.91 Å². The Kier molecular flexibility index (Phi) is 7.01. The molecule has 1 aromatic carbocycles. The van der Waals surface area contributed by atoms with Crippen LogP contribution >= 0.6 is 11.3 Å². The van der Waals surface area contributed by atoms with Gasteiger partial charge in [-0.05, 0) is 55.4 Å². The molecule has 1 fully saturated rings. The molecule has 0 bridgehead atoms. The van der Waals surface area contributed by atoms with Crippen molar-refractivity contribution in [2.45, 2.75) is 45.3 Å². The lowest BCUT2D eigenvalue weighted by Crippen LogP contribution is -2.44. The summed E-state index contributed by atoms with van der Waals surface area (Å²) in [5.74, 6) is -0.383. The highest BCUT2D eigenvalue weighted by Gasteiger charge is 2.18. The van der Waals surface area contributed by atoms with Gasteiger partial charge in [-0.15, -0.1) is 11.3 Å². The molecule has 2 heterocycles. The van der Waals surface area contributed by atoms with Crippen LogP contribution in [0.25, 0.3) is 0 Å². The molecule has 1 aliphatic heterocycles. The van der Waals surface area contributed by atoms with E-state index >= 15 is 0 Å². The molecule has 1 saturated heterocycles. The predicted molar refractivity (Wildman–Crippen MR) is 109 cm³/mol. The second-order valence-corrected chi connectivity index (χ2v) is 7.94. The summed E-state index contributed by atoms with van der Waals surface area (Å²) in [4.78, 5) is 27.6. The molecule has 5 nitrogen and oxygen atoms in total. The summed E-state index contributed by atoms with van der Waals surface area (Å²) < 4.78 is 0. The summed E-state index contributed by atoms with van der Waals surface area (Å²) in [6.07, 6.45) is 3.85. The SMILES string of the molecule is C[C@H](NC(=O)c1cccs1)C(=O)NCc1ccccc1CN1CCCCC1. The zero-order valence-electron chi connectivity index (χ0n) is 15.7. The monoisotopic (exact) mass is 385 g/mol. The van der Waals surface area contributed by atoms with E-state index in [9.17, 15) is 9.59 Å². The van der Waals surface area contributed by atoms with Crippen LogP contribution in [0.4, 0.5) is 0 Å². The highest BCUT2D eigenvalue weighted by Crippen LogP contribution is 2.16. The summed E-state index contributed by atoms with van der Waals surface area (Å²) >= 11 is 1.36. The maximum Gasteiger partial charge on any atom is 0.261 e. The minimum atomic E-state index is -0.575. The van der Waals surface area contributed by atoms with E-state index < -0.39 is 6.04 Å². The molecule has 144 valence electrons. The first-order valence-corrected chi connectivity index (χ1v) is 10.4. The largest absolute Gasteiger partial charge is 0.350 e. The molecular formula is C21H27N3O2S. The number of hydrogen-bond donors (Lipinski definition) is 2. The van der Waals surface area contributed by atoms with Gasteiger partial charge in [-0.3, -0.25) is 14.5 Å². The Morgan fingerprint density at radius 1 is 1.07 bits per heavy atom. The minimum Gasteiger partial charge on any atom is -0.350 e. The molecule has 2 N–H and O–H groups in total. The Balaban J connectivity index is 1.53. The van der Waals surface area contributed by atoms with Gasteiger partial charge in [-0.2, -0.15) is 0 Å². The van der Waals surface area contributed by atoms with Crippen LogP contribution in [-0.4, -0.2) is 35.8 Å². The number of rotatable bonds is 7. The van der Waals surface area contributed by atoms with E-state index in [0.717, 1.165) is 25.2 Å². The van der Waals surface area contributed by atoms with Gasteiger partial charge in [0.1, 0.15) is 6.04 Å². The fraction of sp³-hybridized carbons (Fsp3) is 0.429. The number of thiophene rings is 1. The number of piperidine rings is 1. The molecule has 2 aromatic rings. The molecular weight excluding hydrogens is 358 g/mol. The Morgan fingerprint density at radius 3 is 2.52 bits per heavy atom. The quantitative estimate of drug-likeness (QED) is 0.770. The van der Waals surface area contributed by atoms with Crippen molar-refractivity contribution in [3.8, 4) is 0 Å². The van der Waals surface area contributed by atoms with Crippen LogP contribution in [-0.2, 0) is 17.9 Å². The average Bonchev–Trinajstić information content (AvgIpc) is 3.23. The summed E-state index contributed by atoms with van der Waals surface area (Å²) in [5, 5.41) is 7.55. The number of nitrogens with zero attached hydrogens (tertiary/aromatic N) is 1. The molecule has 3 rings (SSSR count). The second-order valence-electron chi connectivity index (χ2n) is 7.00. The first-order chi connectivity index (χ1) is 13.1. The van der Waals surface area contributed by atoms with Gasteiger partial charge in [-0.25, -0.2) is 0 Å². The zero-order valence-corrected chi connectivity index (χ0v) is 16.6. The summed E-state index contributed by atoms with van der Waals surface area (Å²) in [7, 11) is 0. The summed E-state index contributed by atoms with van der Waals surface area (Å²) in [6.45, 7) is 5.40. The van der Waals surface area contributed by atoms with Crippen molar-refractivity contribution < 1.29 is 9.59 Å². The number of hydrogen-bond acceptors (Lipinski definition) is 4. The number of benzene rings is 1. The Morgan fingerprint density at radius 2 is 1.81 bits per heavy atom. The van der Waals surface area contributed by atoms with E-state index in [-0.39, 0.29) is 11.8 Å². The van der Waals surface area contributed by atoms with Crippen LogP contribution in [0.3, 0.4) is 0 Å². The van der Waals surface area contributed by atoms with Gasteiger partial charge < -0.3 is 10.6 Å². The van der Waals surface area contributed by atoms with Crippen molar-refractivity contribution in [3.63, 3.8) is 0 Å². The lowest BCUT2D eigenvalue weighted by molar-refractivity contribution is -0.122. The molecule has 1 aromatic heterocycles. The molecule has 6 heteroatoms. The molecule has 0 saturated carbocycles. The maximum absolute atomic E-state index is 12.4. The summed E-state index contributed by atoms with van der Waals surface area (Å²) in [5.41, 5.74) is 2.39. The van der Waals surface area contributed by atoms with E-state index in [1.54, 1.807) is 13.0 Å². The number of likely N-dealkylation sites (tertiary alicyclic amines) is 1. The topological polar surface area (TPSA) is 61.4 Å². The van der Waals surface area contributed by atoms with Crippen LogP contribution in [0.5, 0.6) is 0 Å². The fourth-order valence-corrected chi connectivity index (χ4v) is 3.95. The first kappa shape index (κ1) is 19.6. The average molecular weight is 386 g/mol. The minimum absolute atomic E-state index is 0.173. The summed E-state index contributed by atoms with van der Waals surface area (Å²) in [6, 6.07) is 11.3. The van der Waals surface area contributed by atoms with Gasteiger partial charge in [0, 0.05) is 13.1 Å². The van der Waals surface area contributed by atoms with Gasteiger partial charge in [-0.1, -0.05) is 36.8 Å². The van der Waals surface area contributed by atoms with E-state index in [4.69, 9.17) is 0 Å². The fourth-order valence-electron chi connectivity index (χ4n) is 3.32. The van der Waals surface area contributed by atoms with Gasteiger partial charge >= 0.3 is 0 Å². The molecule has 2 amide bonds. The van der Waals surface area contributed by atoms with E-state index in [2.05, 4.69) is 33.7 Å². The van der Waals surface area contributed by atoms with Crippen molar-refractivity contribution in [2.75, 3.05) is 13.1 Å². The zero-order chi connectivity index (χ0) is 19.1. The molecule has 1 atom stereocenters. The smallest absolute Gasteiger partial charge is 0.261 e. The molecule has 1 aliphatic rings. The van der Waals surface area contributed by atoms with Crippen LogP contribution in [0.1, 0.15) is 47.0 Å². The van der Waals surface area contributed by atoms with Gasteiger partial charge in [0.15, 0.2) is 0 Å². The van der Waals surface area contributed by atoms with E-state index in [1.807, 2.05) is 17.5 Å². The Bertz CT molecular complexity index is 755. The number of amides is 2. The lowest BCUT2D eigenvalue weighted by Gasteiger charge is -2.27. The van der Waals surface area contributed by atoms with Crippen molar-refractivity contribution >= 4 is 23.2 Å². The predicted octanol–water partition coefficient (Wildman–Crippen LogP) is 3.17. The highest BCUT2D eigenvalue weighted by atomic mass is 32.1. The Hall–Kier alpha value is -2.18. The third kappa shape index (κ3) is 5.65. The number of nitrogens with one attached hydrogen (secondary N) is 2. The lowest BCUT2D eigenvalue weighted by atomic mass is 10.0. The molecule has 27 heavy (non-hydrogen) atoms. The van der Waals surface area contributed by atoms with E-state index in [0.29, 0.717) is 11.4 Å². The highest BCUT2D eigenvalue weighted by molar-refractivity contribution is 7.12. The number of carbonyl (C=O) groups excluding carboxylic acids is 2.